The topological polar surface area (TPSA) is 96.5 Å². The number of methoxy groups -OCH3 is 1. The van der Waals surface area contributed by atoms with E-state index in [4.69, 9.17) is 4.74 Å². The second-order valence-corrected chi connectivity index (χ2v) is 6.33. The predicted octanol–water partition coefficient (Wildman–Crippen LogP) is 4.35. The lowest BCUT2D eigenvalue weighted by molar-refractivity contribution is -0.385. The van der Waals surface area contributed by atoms with Gasteiger partial charge < -0.3 is 9.47 Å². The third-order valence-corrected chi connectivity index (χ3v) is 4.24. The van der Waals surface area contributed by atoms with Crippen LogP contribution in [0.15, 0.2) is 60.9 Å². The summed E-state index contributed by atoms with van der Waals surface area (Å²) in [4.78, 5) is 22.7. The predicted molar refractivity (Wildman–Crippen MR) is 107 cm³/mol. The number of ketones is 1. The first-order chi connectivity index (χ1) is 14.9. The van der Waals surface area contributed by atoms with Gasteiger partial charge in [-0.25, -0.2) is 0 Å². The molecule has 0 saturated carbocycles. The molecule has 1 heterocycles. The Morgan fingerprint density at radius 1 is 1.29 bits per heavy atom. The van der Waals surface area contributed by atoms with Crippen molar-refractivity contribution in [2.45, 2.75) is 13.2 Å². The quantitative estimate of drug-likeness (QED) is 0.217. The fourth-order valence-electron chi connectivity index (χ4n) is 2.83. The maximum atomic E-state index is 12.4. The van der Waals surface area contributed by atoms with E-state index in [2.05, 4.69) is 9.84 Å². The number of nitrogens with zero attached hydrogens (tertiary/aromatic N) is 3. The maximum Gasteiger partial charge on any atom is 0.387 e. The second-order valence-electron chi connectivity index (χ2n) is 6.33. The monoisotopic (exact) mass is 429 g/mol. The van der Waals surface area contributed by atoms with Crippen molar-refractivity contribution >= 4 is 17.5 Å². The normalized spacial score (nSPS) is 11.1. The van der Waals surface area contributed by atoms with E-state index in [0.29, 0.717) is 16.9 Å². The summed E-state index contributed by atoms with van der Waals surface area (Å²) in [6.45, 7) is -2.76. The van der Waals surface area contributed by atoms with Crippen LogP contribution in [-0.4, -0.2) is 34.2 Å². The molecule has 160 valence electrons. The van der Waals surface area contributed by atoms with Crippen molar-refractivity contribution in [3.63, 3.8) is 0 Å². The fraction of sp³-hybridized carbons (Fsp3) is 0.143. The van der Waals surface area contributed by atoms with E-state index >= 15 is 0 Å². The van der Waals surface area contributed by atoms with Crippen molar-refractivity contribution in [3.8, 4) is 11.5 Å². The smallest absolute Gasteiger partial charge is 0.387 e. The van der Waals surface area contributed by atoms with Gasteiger partial charge in [-0.2, -0.15) is 13.9 Å². The van der Waals surface area contributed by atoms with Gasteiger partial charge in [-0.15, -0.1) is 0 Å². The Hall–Kier alpha value is -4.08. The van der Waals surface area contributed by atoms with Crippen LogP contribution in [0.2, 0.25) is 0 Å². The first-order valence-electron chi connectivity index (χ1n) is 8.97. The molecule has 3 aromatic rings. The van der Waals surface area contributed by atoms with Crippen molar-refractivity contribution in [1.82, 2.24) is 9.78 Å². The van der Waals surface area contributed by atoms with Crippen molar-refractivity contribution in [1.29, 1.82) is 0 Å². The molecule has 0 unspecified atom stereocenters. The molecule has 0 amide bonds. The fourth-order valence-corrected chi connectivity index (χ4v) is 2.83. The van der Waals surface area contributed by atoms with E-state index in [0.717, 1.165) is 6.20 Å². The SMILES string of the molecule is COc1ccc(/C=C/C(=O)c2cccc(OC(F)F)c2)cc1Cn1cc([N+](=O)[O-])cn1. The van der Waals surface area contributed by atoms with Gasteiger partial charge in [0.05, 0.1) is 18.6 Å². The van der Waals surface area contributed by atoms with E-state index in [1.54, 1.807) is 24.3 Å². The minimum absolute atomic E-state index is 0.103. The zero-order valence-corrected chi connectivity index (χ0v) is 16.3. The molecule has 0 aliphatic carbocycles. The minimum Gasteiger partial charge on any atom is -0.496 e. The molecule has 0 aliphatic heterocycles. The van der Waals surface area contributed by atoms with Gasteiger partial charge in [-0.3, -0.25) is 19.6 Å². The number of carbonyl (C=O) groups excluding carboxylic acids is 1. The molecule has 0 atom stereocenters. The van der Waals surface area contributed by atoms with E-state index < -0.39 is 11.5 Å². The van der Waals surface area contributed by atoms with Crippen LogP contribution in [0, 0.1) is 10.1 Å². The molecule has 0 saturated heterocycles. The van der Waals surface area contributed by atoms with Gasteiger partial charge in [-0.05, 0) is 35.9 Å². The van der Waals surface area contributed by atoms with Crippen LogP contribution in [0.4, 0.5) is 14.5 Å². The summed E-state index contributed by atoms with van der Waals surface area (Å²) in [5, 5.41) is 14.8. The molecular weight excluding hydrogens is 412 g/mol. The van der Waals surface area contributed by atoms with Crippen LogP contribution in [0.5, 0.6) is 11.5 Å². The van der Waals surface area contributed by atoms with Crippen molar-refractivity contribution < 1.29 is 28.0 Å². The number of aromatic nitrogens is 2. The average Bonchev–Trinajstić information content (AvgIpc) is 3.21. The number of allylic oxidation sites excluding steroid dienone is 1. The standard InChI is InChI=1S/C21H17F2N3O5/c1-30-20-8-6-14(9-16(20)12-25-13-17(11-24-25)26(28)29)5-7-19(27)15-3-2-4-18(10-15)31-21(22)23/h2-11,13,21H,12H2,1H3/b7-5+. The summed E-state index contributed by atoms with van der Waals surface area (Å²) >= 11 is 0. The lowest BCUT2D eigenvalue weighted by Crippen LogP contribution is -2.03. The molecular formula is C21H17F2N3O5. The molecule has 10 heteroatoms. The number of carbonyl (C=O) groups is 1. The summed E-state index contributed by atoms with van der Waals surface area (Å²) in [6.07, 6.45) is 5.34. The zero-order valence-electron chi connectivity index (χ0n) is 16.3. The highest BCUT2D eigenvalue weighted by Crippen LogP contribution is 2.23. The molecule has 1 aromatic heterocycles. The number of hydrogen-bond donors (Lipinski definition) is 0. The summed E-state index contributed by atoms with van der Waals surface area (Å²) in [5.74, 6) is 0.0626. The molecule has 0 N–H and O–H groups in total. The lowest BCUT2D eigenvalue weighted by atomic mass is 10.1. The largest absolute Gasteiger partial charge is 0.496 e. The first-order valence-corrected chi connectivity index (χ1v) is 8.97. The number of alkyl halides is 2. The van der Waals surface area contributed by atoms with E-state index in [1.807, 2.05) is 0 Å². The van der Waals surface area contributed by atoms with Crippen LogP contribution >= 0.6 is 0 Å². The van der Waals surface area contributed by atoms with Crippen molar-refractivity contribution in [2.24, 2.45) is 0 Å². The minimum atomic E-state index is -2.98. The summed E-state index contributed by atoms with van der Waals surface area (Å²) in [5.41, 5.74) is 1.44. The highest BCUT2D eigenvalue weighted by molar-refractivity contribution is 6.07. The first kappa shape index (κ1) is 21.6. The van der Waals surface area contributed by atoms with Gasteiger partial charge in [-0.1, -0.05) is 24.3 Å². The third kappa shape index (κ3) is 5.72. The Morgan fingerprint density at radius 2 is 2.10 bits per heavy atom. The van der Waals surface area contributed by atoms with Crippen LogP contribution in [-0.2, 0) is 6.54 Å². The Bertz CT molecular complexity index is 1130. The molecule has 0 radical (unpaired) electrons. The number of rotatable bonds is 9. The van der Waals surface area contributed by atoms with E-state index in [1.165, 1.54) is 48.3 Å². The molecule has 0 bridgehead atoms. The zero-order chi connectivity index (χ0) is 22.4. The van der Waals surface area contributed by atoms with Crippen molar-refractivity contribution in [2.75, 3.05) is 7.11 Å². The van der Waals surface area contributed by atoms with Gasteiger partial charge in [0, 0.05) is 11.1 Å². The Morgan fingerprint density at radius 3 is 2.77 bits per heavy atom. The highest BCUT2D eigenvalue weighted by atomic mass is 19.3. The Kier molecular flexibility index (Phi) is 6.71. The molecule has 8 nitrogen and oxygen atoms in total. The number of nitro groups is 1. The summed E-state index contributed by atoms with van der Waals surface area (Å²) < 4.78 is 35.7. The highest BCUT2D eigenvalue weighted by Gasteiger charge is 2.12. The molecule has 0 spiro atoms. The van der Waals surface area contributed by atoms with E-state index in [-0.39, 0.29) is 29.3 Å². The molecule has 2 aromatic carbocycles. The molecule has 0 aliphatic rings. The number of ether oxygens (including phenoxy) is 2. The van der Waals surface area contributed by atoms with Crippen LogP contribution in [0.3, 0.4) is 0 Å². The van der Waals surface area contributed by atoms with Gasteiger partial charge >= 0.3 is 12.3 Å². The van der Waals surface area contributed by atoms with Crippen LogP contribution in [0.25, 0.3) is 6.08 Å². The lowest BCUT2D eigenvalue weighted by Gasteiger charge is -2.09. The van der Waals surface area contributed by atoms with Gasteiger partial charge in [0.2, 0.25) is 0 Å². The average molecular weight is 429 g/mol. The molecule has 0 fully saturated rings. The van der Waals surface area contributed by atoms with Gasteiger partial charge in [0.15, 0.2) is 5.78 Å². The number of halogens is 2. The summed E-state index contributed by atoms with van der Waals surface area (Å²) in [6, 6.07) is 10.7. The number of benzene rings is 2. The van der Waals surface area contributed by atoms with Crippen LogP contribution in [0.1, 0.15) is 21.5 Å². The van der Waals surface area contributed by atoms with E-state index in [9.17, 15) is 23.7 Å². The van der Waals surface area contributed by atoms with Crippen molar-refractivity contribution in [3.05, 3.63) is 87.7 Å². The molecule has 3 rings (SSSR count). The van der Waals surface area contributed by atoms with Crippen LogP contribution < -0.4 is 9.47 Å². The third-order valence-electron chi connectivity index (χ3n) is 4.24. The summed E-state index contributed by atoms with van der Waals surface area (Å²) in [7, 11) is 1.50. The Balaban J connectivity index is 1.78. The Labute approximate surface area is 175 Å². The van der Waals surface area contributed by atoms with Gasteiger partial charge in [0.1, 0.15) is 23.9 Å². The number of hydrogen-bond acceptors (Lipinski definition) is 6. The molecule has 31 heavy (non-hydrogen) atoms. The second kappa shape index (κ2) is 9.61. The maximum absolute atomic E-state index is 12.4. The van der Waals surface area contributed by atoms with Gasteiger partial charge in [0.25, 0.3) is 0 Å².